The van der Waals surface area contributed by atoms with Gasteiger partial charge in [0.15, 0.2) is 0 Å². The van der Waals surface area contributed by atoms with Crippen molar-refractivity contribution in [1.29, 1.82) is 0 Å². The molecular formula is C22H17BO3. The van der Waals surface area contributed by atoms with Crippen molar-refractivity contribution in [1.82, 2.24) is 0 Å². The van der Waals surface area contributed by atoms with Crippen molar-refractivity contribution in [3.8, 4) is 11.5 Å². The summed E-state index contributed by atoms with van der Waals surface area (Å²) < 4.78 is 17.5. The molecule has 0 saturated heterocycles. The zero-order valence-corrected chi connectivity index (χ0v) is 14.2. The molecule has 26 heavy (non-hydrogen) atoms. The fourth-order valence-electron chi connectivity index (χ4n) is 2.96. The van der Waals surface area contributed by atoms with Crippen molar-refractivity contribution in [3.63, 3.8) is 0 Å². The van der Waals surface area contributed by atoms with Crippen molar-refractivity contribution in [2.75, 3.05) is 0 Å². The van der Waals surface area contributed by atoms with Gasteiger partial charge in [0.25, 0.3) is 0 Å². The van der Waals surface area contributed by atoms with Gasteiger partial charge in [0.05, 0.1) is 6.26 Å². The molecule has 0 spiro atoms. The van der Waals surface area contributed by atoms with Crippen molar-refractivity contribution >= 4 is 28.9 Å². The lowest BCUT2D eigenvalue weighted by molar-refractivity contribution is 0.279. The van der Waals surface area contributed by atoms with Gasteiger partial charge in [-0.1, -0.05) is 79.4 Å². The van der Waals surface area contributed by atoms with Crippen LogP contribution in [0.3, 0.4) is 0 Å². The highest BCUT2D eigenvalue weighted by atomic mass is 16.7. The van der Waals surface area contributed by atoms with Crippen LogP contribution in [0.1, 0.15) is 0 Å². The summed E-state index contributed by atoms with van der Waals surface area (Å²) in [6.45, 7) is 3.63. The van der Waals surface area contributed by atoms with Gasteiger partial charge in [0.1, 0.15) is 11.5 Å². The standard InChI is InChI=1S/C22H17BO3/c1-2-24-23(25-21-15-7-11-17-9-3-5-13-19(17)21)26-22-16-8-12-18-10-4-6-14-20(18)22/h2-16H,1H2. The van der Waals surface area contributed by atoms with E-state index in [1.165, 1.54) is 6.26 Å². The lowest BCUT2D eigenvalue weighted by atomic mass is 10.1. The van der Waals surface area contributed by atoms with Gasteiger partial charge in [-0.3, -0.25) is 0 Å². The zero-order valence-electron chi connectivity index (χ0n) is 14.2. The first-order valence-electron chi connectivity index (χ1n) is 8.40. The SMILES string of the molecule is C=COB(Oc1cccc2ccccc12)Oc1cccc2ccccc12. The zero-order chi connectivity index (χ0) is 17.8. The molecule has 4 rings (SSSR count). The fraction of sp³-hybridized carbons (Fsp3) is 0. The molecule has 0 saturated carbocycles. The summed E-state index contributed by atoms with van der Waals surface area (Å²) in [5, 5.41) is 4.17. The molecule has 4 aromatic rings. The van der Waals surface area contributed by atoms with E-state index < -0.39 is 7.32 Å². The lowest BCUT2D eigenvalue weighted by Gasteiger charge is -2.16. The molecule has 0 aliphatic carbocycles. The summed E-state index contributed by atoms with van der Waals surface area (Å²) in [6, 6.07) is 27.8. The Morgan fingerprint density at radius 2 is 1.08 bits per heavy atom. The smallest absolute Gasteiger partial charge is 0.497 e. The van der Waals surface area contributed by atoms with Gasteiger partial charge in [-0.2, -0.15) is 0 Å². The molecular weight excluding hydrogens is 323 g/mol. The van der Waals surface area contributed by atoms with Crippen LogP contribution in [0.15, 0.2) is 97.8 Å². The van der Waals surface area contributed by atoms with E-state index in [-0.39, 0.29) is 0 Å². The van der Waals surface area contributed by atoms with Gasteiger partial charge in [-0.25, -0.2) is 0 Å². The molecule has 0 atom stereocenters. The van der Waals surface area contributed by atoms with Gasteiger partial charge >= 0.3 is 7.32 Å². The van der Waals surface area contributed by atoms with Crippen LogP contribution in [-0.2, 0) is 4.65 Å². The number of fused-ring (bicyclic) bond motifs is 2. The van der Waals surface area contributed by atoms with Crippen LogP contribution in [0.4, 0.5) is 0 Å². The Bertz CT molecular complexity index is 969. The molecule has 4 heteroatoms. The highest BCUT2D eigenvalue weighted by Crippen LogP contribution is 2.28. The van der Waals surface area contributed by atoms with Crippen LogP contribution >= 0.6 is 0 Å². The number of hydrogen-bond donors (Lipinski definition) is 0. The summed E-state index contributed by atoms with van der Waals surface area (Å²) in [7, 11) is -0.941. The summed E-state index contributed by atoms with van der Waals surface area (Å²) in [5.74, 6) is 1.38. The highest BCUT2D eigenvalue weighted by molar-refractivity contribution is 6.39. The largest absolute Gasteiger partial charge is 0.863 e. The number of rotatable bonds is 6. The molecule has 126 valence electrons. The minimum atomic E-state index is -0.941. The average molecular weight is 340 g/mol. The second-order valence-corrected chi connectivity index (χ2v) is 5.78. The van der Waals surface area contributed by atoms with E-state index in [0.717, 1.165) is 21.5 Å². The highest BCUT2D eigenvalue weighted by Gasteiger charge is 2.29. The molecule has 0 aliphatic heterocycles. The van der Waals surface area contributed by atoms with Crippen molar-refractivity contribution < 1.29 is 14.0 Å². The van der Waals surface area contributed by atoms with E-state index >= 15 is 0 Å². The first kappa shape index (κ1) is 16.1. The fourth-order valence-corrected chi connectivity index (χ4v) is 2.96. The minimum absolute atomic E-state index is 0.690. The van der Waals surface area contributed by atoms with Crippen LogP contribution < -0.4 is 9.31 Å². The molecule has 0 heterocycles. The van der Waals surface area contributed by atoms with Gasteiger partial charge < -0.3 is 14.0 Å². The Morgan fingerprint density at radius 1 is 0.615 bits per heavy atom. The molecule has 4 aromatic carbocycles. The van der Waals surface area contributed by atoms with Crippen molar-refractivity contribution in [2.45, 2.75) is 0 Å². The van der Waals surface area contributed by atoms with E-state index in [2.05, 4.69) is 6.58 Å². The quantitative estimate of drug-likeness (QED) is 0.338. The first-order valence-corrected chi connectivity index (χ1v) is 8.40. The Labute approximate surface area is 152 Å². The molecule has 0 aliphatic rings. The van der Waals surface area contributed by atoms with Crippen molar-refractivity contribution in [3.05, 3.63) is 97.8 Å². The Morgan fingerprint density at radius 3 is 1.58 bits per heavy atom. The molecule has 0 unspecified atom stereocenters. The molecule has 0 amide bonds. The third kappa shape index (κ3) is 3.22. The Balaban J connectivity index is 1.66. The number of hydrogen-bond acceptors (Lipinski definition) is 3. The summed E-state index contributed by atoms with van der Waals surface area (Å²) in [5.41, 5.74) is 0. The van der Waals surface area contributed by atoms with Gasteiger partial charge in [0.2, 0.25) is 0 Å². The van der Waals surface area contributed by atoms with Crippen LogP contribution in [0.5, 0.6) is 11.5 Å². The predicted octanol–water partition coefficient (Wildman–Crippen LogP) is 5.60. The molecule has 0 fully saturated rings. The molecule has 0 radical (unpaired) electrons. The maximum absolute atomic E-state index is 6.01. The molecule has 3 nitrogen and oxygen atoms in total. The van der Waals surface area contributed by atoms with E-state index in [4.69, 9.17) is 14.0 Å². The summed E-state index contributed by atoms with van der Waals surface area (Å²) in [6.07, 6.45) is 1.32. The van der Waals surface area contributed by atoms with Crippen LogP contribution in [0, 0.1) is 0 Å². The molecule has 0 aromatic heterocycles. The Kier molecular flexibility index (Phi) is 4.48. The second-order valence-electron chi connectivity index (χ2n) is 5.78. The van der Waals surface area contributed by atoms with Crippen LogP contribution in [0.25, 0.3) is 21.5 Å². The average Bonchev–Trinajstić information content (AvgIpc) is 2.69. The topological polar surface area (TPSA) is 27.7 Å². The van der Waals surface area contributed by atoms with Gasteiger partial charge in [-0.15, -0.1) is 0 Å². The maximum atomic E-state index is 6.01. The maximum Gasteiger partial charge on any atom is 0.863 e. The van der Waals surface area contributed by atoms with E-state index in [9.17, 15) is 0 Å². The molecule has 0 bridgehead atoms. The van der Waals surface area contributed by atoms with E-state index in [1.807, 2.05) is 84.9 Å². The van der Waals surface area contributed by atoms with Crippen LogP contribution in [-0.4, -0.2) is 7.32 Å². The third-order valence-electron chi connectivity index (χ3n) is 4.15. The van der Waals surface area contributed by atoms with Gasteiger partial charge in [-0.05, 0) is 22.9 Å². The first-order chi connectivity index (χ1) is 12.8. The minimum Gasteiger partial charge on any atom is -0.497 e. The number of benzene rings is 4. The van der Waals surface area contributed by atoms with Crippen LogP contribution in [0.2, 0.25) is 0 Å². The van der Waals surface area contributed by atoms with Gasteiger partial charge in [0, 0.05) is 10.8 Å². The second kappa shape index (κ2) is 7.24. The Hall–Kier alpha value is -3.40. The lowest BCUT2D eigenvalue weighted by Crippen LogP contribution is -2.32. The monoisotopic (exact) mass is 340 g/mol. The predicted molar refractivity (Wildman–Crippen MR) is 106 cm³/mol. The normalized spacial score (nSPS) is 10.5. The summed E-state index contributed by atoms with van der Waals surface area (Å²) >= 11 is 0. The molecule has 0 N–H and O–H groups in total. The van der Waals surface area contributed by atoms with E-state index in [0.29, 0.717) is 11.5 Å². The van der Waals surface area contributed by atoms with Crippen molar-refractivity contribution in [2.24, 2.45) is 0 Å². The third-order valence-corrected chi connectivity index (χ3v) is 4.15. The van der Waals surface area contributed by atoms with E-state index in [1.54, 1.807) is 0 Å². The summed E-state index contributed by atoms with van der Waals surface area (Å²) in [4.78, 5) is 0.